The number of aromatic nitrogens is 3. The molecule has 0 unspecified atom stereocenters. The highest BCUT2D eigenvalue weighted by atomic mass is 16.3. The number of rotatable bonds is 4. The van der Waals surface area contributed by atoms with Crippen LogP contribution in [-0.4, -0.2) is 28.5 Å². The fourth-order valence-electron chi connectivity index (χ4n) is 3.38. The lowest BCUT2D eigenvalue weighted by atomic mass is 9.95. The van der Waals surface area contributed by atoms with Gasteiger partial charge in [0.05, 0.1) is 5.39 Å². The van der Waals surface area contributed by atoms with Crippen LogP contribution in [-0.2, 0) is 12.8 Å². The summed E-state index contributed by atoms with van der Waals surface area (Å²) < 4.78 is 6.07. The van der Waals surface area contributed by atoms with Crippen LogP contribution < -0.4 is 4.90 Å². The lowest BCUT2D eigenvalue weighted by Crippen LogP contribution is -2.19. The number of hydrogen-bond donors (Lipinski definition) is 0. The van der Waals surface area contributed by atoms with Crippen molar-refractivity contribution in [3.05, 3.63) is 23.7 Å². The van der Waals surface area contributed by atoms with Crippen molar-refractivity contribution < 1.29 is 4.42 Å². The fourth-order valence-corrected chi connectivity index (χ4v) is 3.38. The first kappa shape index (κ1) is 14.4. The Kier molecular flexibility index (Phi) is 3.63. The Morgan fingerprint density at radius 1 is 1.22 bits per heavy atom. The van der Waals surface area contributed by atoms with Crippen LogP contribution in [0.25, 0.3) is 22.2 Å². The zero-order valence-electron chi connectivity index (χ0n) is 13.8. The molecule has 4 rings (SSSR count). The molecule has 0 amide bonds. The van der Waals surface area contributed by atoms with Crippen LogP contribution in [0.15, 0.2) is 16.8 Å². The SMILES string of the molecule is CCCCN(C)c1ncnc2c1oc1nc3c(cc12)CCCC3. The number of hydrogen-bond acceptors (Lipinski definition) is 5. The summed E-state index contributed by atoms with van der Waals surface area (Å²) in [7, 11) is 2.06. The molecule has 0 fully saturated rings. The summed E-state index contributed by atoms with van der Waals surface area (Å²) in [5, 5.41) is 1.02. The van der Waals surface area contributed by atoms with Crippen LogP contribution in [0.5, 0.6) is 0 Å². The van der Waals surface area contributed by atoms with Crippen molar-refractivity contribution in [1.82, 2.24) is 15.0 Å². The normalized spacial score (nSPS) is 14.3. The van der Waals surface area contributed by atoms with Gasteiger partial charge >= 0.3 is 0 Å². The molecule has 5 nitrogen and oxygen atoms in total. The average molecular weight is 310 g/mol. The van der Waals surface area contributed by atoms with E-state index in [1.165, 1.54) is 24.1 Å². The van der Waals surface area contributed by atoms with E-state index in [0.29, 0.717) is 5.71 Å². The molecule has 23 heavy (non-hydrogen) atoms. The van der Waals surface area contributed by atoms with Gasteiger partial charge in [-0.2, -0.15) is 0 Å². The zero-order chi connectivity index (χ0) is 15.8. The quantitative estimate of drug-likeness (QED) is 0.732. The Hall–Kier alpha value is -2.17. The van der Waals surface area contributed by atoms with Gasteiger partial charge in [-0.25, -0.2) is 15.0 Å². The van der Waals surface area contributed by atoms with Gasteiger partial charge in [0, 0.05) is 19.3 Å². The Bertz CT molecular complexity index is 855. The third-order valence-corrected chi connectivity index (χ3v) is 4.71. The van der Waals surface area contributed by atoms with Crippen LogP contribution >= 0.6 is 0 Å². The minimum Gasteiger partial charge on any atom is -0.432 e. The standard InChI is InChI=1S/C18H22N4O/c1-3-4-9-22(2)17-16-15(19-11-20-17)13-10-12-7-5-6-8-14(12)21-18(13)23-16/h10-11H,3-9H2,1-2H3. The van der Waals surface area contributed by atoms with Crippen LogP contribution in [0.4, 0.5) is 5.82 Å². The van der Waals surface area contributed by atoms with Crippen molar-refractivity contribution in [2.24, 2.45) is 0 Å². The first-order chi connectivity index (χ1) is 11.3. The van der Waals surface area contributed by atoms with E-state index in [2.05, 4.69) is 34.9 Å². The molecule has 3 aromatic heterocycles. The van der Waals surface area contributed by atoms with E-state index in [-0.39, 0.29) is 0 Å². The summed E-state index contributed by atoms with van der Waals surface area (Å²) in [6.45, 7) is 3.16. The third-order valence-electron chi connectivity index (χ3n) is 4.71. The van der Waals surface area contributed by atoms with Gasteiger partial charge in [0.15, 0.2) is 11.4 Å². The average Bonchev–Trinajstić information content (AvgIpc) is 2.95. The molecule has 5 heteroatoms. The van der Waals surface area contributed by atoms with Crippen molar-refractivity contribution >= 4 is 28.0 Å². The summed E-state index contributed by atoms with van der Waals surface area (Å²) in [6, 6.07) is 2.23. The molecular weight excluding hydrogens is 288 g/mol. The molecule has 3 aromatic rings. The summed E-state index contributed by atoms with van der Waals surface area (Å²) in [4.78, 5) is 15.8. The van der Waals surface area contributed by atoms with Crippen molar-refractivity contribution in [1.29, 1.82) is 0 Å². The molecule has 0 aromatic carbocycles. The zero-order valence-corrected chi connectivity index (χ0v) is 13.8. The number of unbranched alkanes of at least 4 members (excludes halogenated alkanes) is 1. The molecule has 0 aliphatic heterocycles. The molecule has 0 spiro atoms. The highest BCUT2D eigenvalue weighted by Crippen LogP contribution is 2.33. The topological polar surface area (TPSA) is 55.1 Å². The Morgan fingerprint density at radius 2 is 2.09 bits per heavy atom. The number of furan rings is 1. The predicted octanol–water partition coefficient (Wildman–Crippen LogP) is 3.89. The largest absolute Gasteiger partial charge is 0.432 e. The Balaban J connectivity index is 1.87. The molecule has 0 radical (unpaired) electrons. The van der Waals surface area contributed by atoms with E-state index >= 15 is 0 Å². The number of anilines is 1. The maximum Gasteiger partial charge on any atom is 0.229 e. The van der Waals surface area contributed by atoms with Crippen LogP contribution in [0.3, 0.4) is 0 Å². The van der Waals surface area contributed by atoms with Gasteiger partial charge in [-0.1, -0.05) is 13.3 Å². The van der Waals surface area contributed by atoms with Gasteiger partial charge in [-0.15, -0.1) is 0 Å². The molecule has 0 saturated heterocycles. The Morgan fingerprint density at radius 3 is 2.96 bits per heavy atom. The van der Waals surface area contributed by atoms with Gasteiger partial charge in [-0.05, 0) is 43.7 Å². The second kappa shape index (κ2) is 5.80. The van der Waals surface area contributed by atoms with E-state index in [1.54, 1.807) is 6.33 Å². The van der Waals surface area contributed by atoms with Crippen LogP contribution in [0.1, 0.15) is 43.9 Å². The maximum atomic E-state index is 6.07. The van der Waals surface area contributed by atoms with Crippen molar-refractivity contribution in [3.8, 4) is 0 Å². The number of aryl methyl sites for hydroxylation is 2. The van der Waals surface area contributed by atoms with Crippen molar-refractivity contribution in [3.63, 3.8) is 0 Å². The molecule has 3 heterocycles. The highest BCUT2D eigenvalue weighted by Gasteiger charge is 2.20. The maximum absolute atomic E-state index is 6.07. The lowest BCUT2D eigenvalue weighted by molar-refractivity contribution is 0.629. The first-order valence-electron chi connectivity index (χ1n) is 8.55. The van der Waals surface area contributed by atoms with E-state index in [0.717, 1.165) is 54.5 Å². The van der Waals surface area contributed by atoms with Gasteiger partial charge in [0.2, 0.25) is 5.71 Å². The van der Waals surface area contributed by atoms with Crippen molar-refractivity contribution in [2.75, 3.05) is 18.5 Å². The van der Waals surface area contributed by atoms with Gasteiger partial charge in [0.25, 0.3) is 0 Å². The van der Waals surface area contributed by atoms with E-state index in [4.69, 9.17) is 9.40 Å². The smallest absolute Gasteiger partial charge is 0.229 e. The van der Waals surface area contributed by atoms with Crippen LogP contribution in [0.2, 0.25) is 0 Å². The second-order valence-electron chi connectivity index (χ2n) is 6.41. The van der Waals surface area contributed by atoms with E-state index in [9.17, 15) is 0 Å². The number of fused-ring (bicyclic) bond motifs is 4. The molecule has 1 aliphatic rings. The molecule has 0 bridgehead atoms. The lowest BCUT2D eigenvalue weighted by Gasteiger charge is -2.16. The monoisotopic (exact) mass is 310 g/mol. The summed E-state index contributed by atoms with van der Waals surface area (Å²) in [5.41, 5.74) is 4.89. The Labute approximate surface area is 135 Å². The second-order valence-corrected chi connectivity index (χ2v) is 6.41. The summed E-state index contributed by atoms with van der Waals surface area (Å²) in [5.74, 6) is 0.861. The molecular formula is C18H22N4O. The third kappa shape index (κ3) is 2.44. The van der Waals surface area contributed by atoms with Gasteiger partial charge in [-0.3, -0.25) is 0 Å². The first-order valence-corrected chi connectivity index (χ1v) is 8.55. The van der Waals surface area contributed by atoms with Crippen LogP contribution in [0, 0.1) is 0 Å². The van der Waals surface area contributed by atoms with E-state index < -0.39 is 0 Å². The van der Waals surface area contributed by atoms with Gasteiger partial charge < -0.3 is 9.32 Å². The molecule has 0 N–H and O–H groups in total. The molecule has 0 saturated carbocycles. The minimum atomic E-state index is 0.700. The summed E-state index contributed by atoms with van der Waals surface area (Å²) >= 11 is 0. The number of pyridine rings is 1. The fraction of sp³-hybridized carbons (Fsp3) is 0.500. The summed E-state index contributed by atoms with van der Waals surface area (Å²) in [6.07, 6.45) is 8.55. The van der Waals surface area contributed by atoms with E-state index in [1.807, 2.05) is 0 Å². The molecule has 0 atom stereocenters. The minimum absolute atomic E-state index is 0.700. The molecule has 120 valence electrons. The number of nitrogens with zero attached hydrogens (tertiary/aromatic N) is 4. The highest BCUT2D eigenvalue weighted by molar-refractivity contribution is 6.04. The predicted molar refractivity (Wildman–Crippen MR) is 91.9 cm³/mol. The van der Waals surface area contributed by atoms with Crippen molar-refractivity contribution in [2.45, 2.75) is 45.4 Å². The van der Waals surface area contributed by atoms with Gasteiger partial charge in [0.1, 0.15) is 11.8 Å². The molecule has 1 aliphatic carbocycles.